The van der Waals surface area contributed by atoms with Crippen molar-refractivity contribution in [3.8, 4) is 0 Å². The summed E-state index contributed by atoms with van der Waals surface area (Å²) in [5, 5.41) is 8.87. The predicted octanol–water partition coefficient (Wildman–Crippen LogP) is 3.71. The minimum Gasteiger partial charge on any atom is -0.477 e. The Morgan fingerprint density at radius 2 is 2.12 bits per heavy atom. The number of carboxylic acid groups (broad SMARTS) is 1. The van der Waals surface area contributed by atoms with Crippen molar-refractivity contribution in [3.63, 3.8) is 0 Å². The lowest BCUT2D eigenvalue weighted by Crippen LogP contribution is -2.09. The summed E-state index contributed by atoms with van der Waals surface area (Å²) < 4.78 is 5.58. The third-order valence-electron chi connectivity index (χ3n) is 2.49. The van der Waals surface area contributed by atoms with E-state index >= 15 is 0 Å². The molecule has 0 radical (unpaired) electrons. The highest BCUT2D eigenvalue weighted by atomic mass is 32.1. The van der Waals surface area contributed by atoms with Gasteiger partial charge in [-0.3, -0.25) is 0 Å². The van der Waals surface area contributed by atoms with Crippen molar-refractivity contribution in [2.75, 3.05) is 6.61 Å². The SMILES string of the molecule is Cc1sc(C(=O)O)cc1COCCC(C)(C)C. The molecule has 1 N–H and O–H groups in total. The lowest BCUT2D eigenvalue weighted by atomic mass is 9.93. The maximum atomic E-state index is 10.8. The third-order valence-corrected chi connectivity index (χ3v) is 3.57. The molecule has 0 bridgehead atoms. The smallest absolute Gasteiger partial charge is 0.345 e. The van der Waals surface area contributed by atoms with Gasteiger partial charge < -0.3 is 9.84 Å². The Morgan fingerprint density at radius 3 is 2.59 bits per heavy atom. The van der Waals surface area contributed by atoms with Crippen LogP contribution in [0, 0.1) is 12.3 Å². The minimum atomic E-state index is -0.862. The molecule has 1 aromatic rings. The lowest BCUT2D eigenvalue weighted by Gasteiger charge is -2.17. The summed E-state index contributed by atoms with van der Waals surface area (Å²) in [6.07, 6.45) is 1.00. The highest BCUT2D eigenvalue weighted by molar-refractivity contribution is 7.14. The molecule has 0 aliphatic rings. The summed E-state index contributed by atoms with van der Waals surface area (Å²) in [7, 11) is 0. The van der Waals surface area contributed by atoms with Crippen LogP contribution in [0.15, 0.2) is 6.07 Å². The number of carboxylic acids is 1. The molecule has 3 nitrogen and oxygen atoms in total. The second-order valence-corrected chi connectivity index (χ2v) is 6.62. The van der Waals surface area contributed by atoms with Crippen LogP contribution in [0.1, 0.15) is 47.3 Å². The van der Waals surface area contributed by atoms with E-state index in [9.17, 15) is 4.79 Å². The van der Waals surface area contributed by atoms with Crippen molar-refractivity contribution in [1.82, 2.24) is 0 Å². The van der Waals surface area contributed by atoms with Gasteiger partial charge in [0.05, 0.1) is 6.61 Å². The van der Waals surface area contributed by atoms with Gasteiger partial charge in [0.15, 0.2) is 0 Å². The molecule has 17 heavy (non-hydrogen) atoms. The van der Waals surface area contributed by atoms with Crippen molar-refractivity contribution in [3.05, 3.63) is 21.4 Å². The van der Waals surface area contributed by atoms with E-state index in [1.165, 1.54) is 11.3 Å². The molecule has 0 unspecified atom stereocenters. The number of thiophene rings is 1. The largest absolute Gasteiger partial charge is 0.477 e. The second-order valence-electron chi connectivity index (χ2n) is 5.36. The van der Waals surface area contributed by atoms with Gasteiger partial charge in [-0.1, -0.05) is 20.8 Å². The van der Waals surface area contributed by atoms with Gasteiger partial charge in [-0.05, 0) is 30.4 Å². The van der Waals surface area contributed by atoms with Gasteiger partial charge in [-0.2, -0.15) is 0 Å². The molecule has 1 rings (SSSR count). The molecule has 0 aliphatic carbocycles. The Hall–Kier alpha value is -0.870. The molecular weight excluding hydrogens is 236 g/mol. The van der Waals surface area contributed by atoms with Gasteiger partial charge >= 0.3 is 5.97 Å². The number of aryl methyl sites for hydroxylation is 1. The Labute approximate surface area is 106 Å². The molecule has 0 saturated heterocycles. The molecule has 0 saturated carbocycles. The van der Waals surface area contributed by atoms with Crippen LogP contribution in [-0.4, -0.2) is 17.7 Å². The molecule has 96 valence electrons. The fourth-order valence-electron chi connectivity index (χ4n) is 1.33. The van der Waals surface area contributed by atoms with Crippen LogP contribution >= 0.6 is 11.3 Å². The zero-order valence-electron chi connectivity index (χ0n) is 10.9. The molecule has 0 spiro atoms. The molecule has 0 aliphatic heterocycles. The van der Waals surface area contributed by atoms with E-state index in [0.29, 0.717) is 18.1 Å². The van der Waals surface area contributed by atoms with Gasteiger partial charge in [0.25, 0.3) is 0 Å². The molecule has 1 aromatic heterocycles. The van der Waals surface area contributed by atoms with Crippen molar-refractivity contribution >= 4 is 17.3 Å². The summed E-state index contributed by atoms with van der Waals surface area (Å²) in [6.45, 7) is 9.67. The number of hydrogen-bond donors (Lipinski definition) is 1. The third kappa shape index (κ3) is 4.88. The van der Waals surface area contributed by atoms with Gasteiger partial charge in [0.2, 0.25) is 0 Å². The van der Waals surface area contributed by atoms with Gasteiger partial charge in [0, 0.05) is 11.5 Å². The first-order chi connectivity index (χ1) is 7.79. The van der Waals surface area contributed by atoms with E-state index in [0.717, 1.165) is 16.9 Å². The average Bonchev–Trinajstić information content (AvgIpc) is 2.54. The fraction of sp³-hybridized carbons (Fsp3) is 0.615. The molecular formula is C13H20O3S. The van der Waals surface area contributed by atoms with Crippen molar-refractivity contribution < 1.29 is 14.6 Å². The van der Waals surface area contributed by atoms with E-state index < -0.39 is 5.97 Å². The number of rotatable bonds is 5. The Bertz CT molecular complexity index is 388. The summed E-state index contributed by atoms with van der Waals surface area (Å²) >= 11 is 1.31. The summed E-state index contributed by atoms with van der Waals surface area (Å²) in [5.74, 6) is -0.862. The van der Waals surface area contributed by atoms with E-state index in [1.807, 2.05) is 6.92 Å². The zero-order chi connectivity index (χ0) is 13.1. The summed E-state index contributed by atoms with van der Waals surface area (Å²) in [6, 6.07) is 1.71. The van der Waals surface area contributed by atoms with Crippen LogP contribution < -0.4 is 0 Å². The second kappa shape index (κ2) is 5.65. The maximum absolute atomic E-state index is 10.8. The molecule has 1 heterocycles. The lowest BCUT2D eigenvalue weighted by molar-refractivity contribution is 0.0701. The van der Waals surface area contributed by atoms with E-state index in [1.54, 1.807) is 6.07 Å². The van der Waals surface area contributed by atoms with Crippen LogP contribution in [0.25, 0.3) is 0 Å². The Morgan fingerprint density at radius 1 is 1.47 bits per heavy atom. The van der Waals surface area contributed by atoms with E-state index in [-0.39, 0.29) is 5.41 Å². The Balaban J connectivity index is 2.44. The number of aromatic carboxylic acids is 1. The van der Waals surface area contributed by atoms with Gasteiger partial charge in [0.1, 0.15) is 4.88 Å². The first kappa shape index (κ1) is 14.2. The highest BCUT2D eigenvalue weighted by Gasteiger charge is 2.12. The van der Waals surface area contributed by atoms with Crippen LogP contribution in [-0.2, 0) is 11.3 Å². The summed E-state index contributed by atoms with van der Waals surface area (Å²) in [4.78, 5) is 12.2. The molecule has 4 heteroatoms. The number of carbonyl (C=O) groups is 1. The standard InChI is InChI=1S/C13H20O3S/c1-9-10(7-11(17-9)12(14)15)8-16-6-5-13(2,3)4/h7H,5-6,8H2,1-4H3,(H,14,15). The molecule has 0 fully saturated rings. The fourth-order valence-corrected chi connectivity index (χ4v) is 2.20. The van der Waals surface area contributed by atoms with Crippen LogP contribution in [0.2, 0.25) is 0 Å². The average molecular weight is 256 g/mol. The quantitative estimate of drug-likeness (QED) is 0.817. The van der Waals surface area contributed by atoms with E-state index in [4.69, 9.17) is 9.84 Å². The normalized spacial score (nSPS) is 11.8. The van der Waals surface area contributed by atoms with E-state index in [2.05, 4.69) is 20.8 Å². The van der Waals surface area contributed by atoms with Crippen LogP contribution in [0.5, 0.6) is 0 Å². The first-order valence-electron chi connectivity index (χ1n) is 5.70. The minimum absolute atomic E-state index is 0.274. The first-order valence-corrected chi connectivity index (χ1v) is 6.51. The van der Waals surface area contributed by atoms with Crippen LogP contribution in [0.3, 0.4) is 0 Å². The number of ether oxygens (including phenoxy) is 1. The predicted molar refractivity (Wildman–Crippen MR) is 69.7 cm³/mol. The topological polar surface area (TPSA) is 46.5 Å². The van der Waals surface area contributed by atoms with Gasteiger partial charge in [-0.15, -0.1) is 11.3 Å². The van der Waals surface area contributed by atoms with Gasteiger partial charge in [-0.25, -0.2) is 4.79 Å². The highest BCUT2D eigenvalue weighted by Crippen LogP contribution is 2.23. The monoisotopic (exact) mass is 256 g/mol. The molecule has 0 amide bonds. The van der Waals surface area contributed by atoms with Crippen molar-refractivity contribution in [2.24, 2.45) is 5.41 Å². The Kier molecular flexibility index (Phi) is 4.71. The molecule has 0 atom stereocenters. The van der Waals surface area contributed by atoms with Crippen LogP contribution in [0.4, 0.5) is 0 Å². The number of hydrogen-bond acceptors (Lipinski definition) is 3. The van der Waals surface area contributed by atoms with Crippen molar-refractivity contribution in [2.45, 2.75) is 40.7 Å². The summed E-state index contributed by atoms with van der Waals surface area (Å²) in [5.41, 5.74) is 1.26. The maximum Gasteiger partial charge on any atom is 0.345 e. The zero-order valence-corrected chi connectivity index (χ0v) is 11.7. The van der Waals surface area contributed by atoms with Crippen molar-refractivity contribution in [1.29, 1.82) is 0 Å². The molecule has 0 aromatic carbocycles.